The first-order valence-corrected chi connectivity index (χ1v) is 10.2. The summed E-state index contributed by atoms with van der Waals surface area (Å²) in [6, 6.07) is 20.3. The lowest BCUT2D eigenvalue weighted by Gasteiger charge is -2.46. The number of anilines is 1. The van der Waals surface area contributed by atoms with Crippen molar-refractivity contribution in [2.45, 2.75) is 63.7 Å². The zero-order chi connectivity index (χ0) is 18.6. The van der Waals surface area contributed by atoms with Gasteiger partial charge >= 0.3 is 6.03 Å². The quantitative estimate of drug-likeness (QED) is 0.766. The molecule has 2 atom stereocenters. The van der Waals surface area contributed by atoms with Crippen molar-refractivity contribution < 1.29 is 9.69 Å². The monoisotopic (exact) mass is 364 g/mol. The molecule has 0 aliphatic carbocycles. The van der Waals surface area contributed by atoms with Crippen LogP contribution in [0.3, 0.4) is 0 Å². The molecular weight excluding hydrogens is 334 g/mol. The summed E-state index contributed by atoms with van der Waals surface area (Å²) in [4.78, 5) is 14.2. The van der Waals surface area contributed by atoms with Crippen molar-refractivity contribution in [2.75, 3.05) is 5.32 Å². The second-order valence-electron chi connectivity index (χ2n) is 8.20. The summed E-state index contributed by atoms with van der Waals surface area (Å²) in [5, 5.41) is 6.23. The Morgan fingerprint density at radius 2 is 1.78 bits per heavy atom. The maximum Gasteiger partial charge on any atom is 0.319 e. The maximum atomic E-state index is 12.5. The molecule has 2 aliphatic heterocycles. The smallest absolute Gasteiger partial charge is 0.319 e. The van der Waals surface area contributed by atoms with Gasteiger partial charge in [-0.3, -0.25) is 0 Å². The fourth-order valence-corrected chi connectivity index (χ4v) is 4.95. The number of nitrogens with one attached hydrogen (secondary N) is 3. The van der Waals surface area contributed by atoms with Crippen molar-refractivity contribution in [2.24, 2.45) is 0 Å². The number of fused-ring (bicyclic) bond motifs is 2. The summed E-state index contributed by atoms with van der Waals surface area (Å²) in [5.74, 6) is 0. The van der Waals surface area contributed by atoms with E-state index in [1.54, 1.807) is 4.90 Å². The van der Waals surface area contributed by atoms with Crippen LogP contribution < -0.4 is 15.5 Å². The van der Waals surface area contributed by atoms with Gasteiger partial charge in [0.2, 0.25) is 0 Å². The molecule has 2 aromatic carbocycles. The van der Waals surface area contributed by atoms with Gasteiger partial charge in [-0.15, -0.1) is 0 Å². The first-order chi connectivity index (χ1) is 13.2. The number of urea groups is 1. The van der Waals surface area contributed by atoms with Crippen molar-refractivity contribution in [3.63, 3.8) is 0 Å². The van der Waals surface area contributed by atoms with Crippen LogP contribution in [0.1, 0.15) is 43.2 Å². The third kappa shape index (κ3) is 4.51. The number of hydrogen-bond donors (Lipinski definition) is 3. The van der Waals surface area contributed by atoms with Crippen molar-refractivity contribution in [1.29, 1.82) is 0 Å². The van der Waals surface area contributed by atoms with Crippen LogP contribution >= 0.6 is 0 Å². The highest BCUT2D eigenvalue weighted by Gasteiger charge is 2.42. The van der Waals surface area contributed by atoms with Crippen molar-refractivity contribution >= 4 is 11.7 Å². The number of amides is 2. The summed E-state index contributed by atoms with van der Waals surface area (Å²) in [7, 11) is 0. The van der Waals surface area contributed by atoms with E-state index in [9.17, 15) is 4.79 Å². The van der Waals surface area contributed by atoms with E-state index in [4.69, 9.17) is 0 Å². The number of benzene rings is 2. The predicted molar refractivity (Wildman–Crippen MR) is 109 cm³/mol. The van der Waals surface area contributed by atoms with Crippen LogP contribution in [-0.2, 0) is 6.54 Å². The molecule has 0 unspecified atom stereocenters. The molecule has 4 heteroatoms. The third-order valence-electron chi connectivity index (χ3n) is 6.15. The van der Waals surface area contributed by atoms with E-state index in [0.29, 0.717) is 12.1 Å². The molecule has 2 heterocycles. The van der Waals surface area contributed by atoms with Crippen LogP contribution in [0.25, 0.3) is 0 Å². The highest BCUT2D eigenvalue weighted by Crippen LogP contribution is 2.23. The van der Waals surface area contributed by atoms with Gasteiger partial charge in [0, 0.05) is 30.1 Å². The van der Waals surface area contributed by atoms with E-state index in [0.717, 1.165) is 30.6 Å². The van der Waals surface area contributed by atoms with Crippen LogP contribution in [0.2, 0.25) is 0 Å². The van der Waals surface area contributed by atoms with Gasteiger partial charge in [-0.25, -0.2) is 4.79 Å². The summed E-state index contributed by atoms with van der Waals surface area (Å²) in [6.45, 7) is 3.15. The highest BCUT2D eigenvalue weighted by molar-refractivity contribution is 5.89. The Balaban J connectivity index is 1.36. The molecule has 2 bridgehead atoms. The SMILES string of the molecule is Cc1cccc(NC(=O)NC2C[C@H]3CCC[C@H](C2)[NH+]3Cc2ccccc2)c1. The van der Waals surface area contributed by atoms with Crippen molar-refractivity contribution in [1.82, 2.24) is 5.32 Å². The molecule has 4 nitrogen and oxygen atoms in total. The number of carbonyl (C=O) groups is 1. The largest absolute Gasteiger partial charge is 0.335 e. The van der Waals surface area contributed by atoms with Gasteiger partial charge in [-0.1, -0.05) is 42.5 Å². The zero-order valence-electron chi connectivity index (χ0n) is 16.1. The van der Waals surface area contributed by atoms with Gasteiger partial charge in [0.1, 0.15) is 6.54 Å². The minimum atomic E-state index is -0.0739. The van der Waals surface area contributed by atoms with Gasteiger partial charge in [0.25, 0.3) is 0 Å². The minimum absolute atomic E-state index is 0.0739. The molecule has 2 fully saturated rings. The minimum Gasteiger partial charge on any atom is -0.335 e. The summed E-state index contributed by atoms with van der Waals surface area (Å²) < 4.78 is 0. The maximum absolute atomic E-state index is 12.5. The lowest BCUT2D eigenvalue weighted by atomic mass is 9.81. The lowest BCUT2D eigenvalue weighted by molar-refractivity contribution is -0.973. The molecule has 0 saturated carbocycles. The van der Waals surface area contributed by atoms with Gasteiger partial charge in [0.05, 0.1) is 12.1 Å². The normalized spacial score (nSPS) is 27.0. The summed E-state index contributed by atoms with van der Waals surface area (Å²) in [5.41, 5.74) is 3.44. The average molecular weight is 365 g/mol. The van der Waals surface area contributed by atoms with Gasteiger partial charge in [-0.2, -0.15) is 0 Å². The van der Waals surface area contributed by atoms with Gasteiger partial charge in [0.15, 0.2) is 0 Å². The van der Waals surface area contributed by atoms with Crippen LogP contribution in [-0.4, -0.2) is 24.2 Å². The van der Waals surface area contributed by atoms with Crippen LogP contribution in [0.4, 0.5) is 10.5 Å². The van der Waals surface area contributed by atoms with E-state index in [1.807, 2.05) is 31.2 Å². The third-order valence-corrected chi connectivity index (χ3v) is 6.15. The molecule has 27 heavy (non-hydrogen) atoms. The lowest BCUT2D eigenvalue weighted by Crippen LogP contribution is -3.20. The van der Waals surface area contributed by atoms with Crippen LogP contribution in [0.5, 0.6) is 0 Å². The van der Waals surface area contributed by atoms with E-state index in [2.05, 4.69) is 41.0 Å². The number of hydrogen-bond acceptors (Lipinski definition) is 1. The van der Waals surface area contributed by atoms with E-state index in [1.165, 1.54) is 24.8 Å². The molecular formula is C23H30N3O+. The fraction of sp³-hybridized carbons (Fsp3) is 0.435. The molecule has 2 saturated heterocycles. The van der Waals surface area contributed by atoms with Crippen molar-refractivity contribution in [3.8, 4) is 0 Å². The topological polar surface area (TPSA) is 45.6 Å². The second-order valence-corrected chi connectivity index (χ2v) is 8.20. The number of rotatable bonds is 4. The highest BCUT2D eigenvalue weighted by atomic mass is 16.2. The molecule has 3 N–H and O–H groups in total. The molecule has 0 radical (unpaired) electrons. The second kappa shape index (κ2) is 8.13. The van der Waals surface area contributed by atoms with E-state index in [-0.39, 0.29) is 12.1 Å². The van der Waals surface area contributed by atoms with E-state index < -0.39 is 0 Å². The molecule has 0 aromatic heterocycles. The van der Waals surface area contributed by atoms with Crippen LogP contribution in [0, 0.1) is 6.92 Å². The summed E-state index contributed by atoms with van der Waals surface area (Å²) >= 11 is 0. The Bertz CT molecular complexity index is 762. The molecule has 142 valence electrons. The Morgan fingerprint density at radius 3 is 2.48 bits per heavy atom. The molecule has 4 rings (SSSR count). The number of aryl methyl sites for hydroxylation is 1. The van der Waals surface area contributed by atoms with Crippen molar-refractivity contribution in [3.05, 3.63) is 65.7 Å². The predicted octanol–water partition coefficient (Wildman–Crippen LogP) is 3.29. The summed E-state index contributed by atoms with van der Waals surface area (Å²) in [6.07, 6.45) is 6.04. The van der Waals surface area contributed by atoms with Crippen LogP contribution in [0.15, 0.2) is 54.6 Å². The standard InChI is InChI=1S/C23H29N3O/c1-17-7-5-10-19(13-17)24-23(27)25-20-14-21-11-6-12-22(15-20)26(21)16-18-8-3-2-4-9-18/h2-5,7-10,13,20-22H,6,11-12,14-16H2,1H3,(H2,24,25,27)/p+1/t21-,22-/m1/s1. The number of quaternary nitrogens is 1. The van der Waals surface area contributed by atoms with E-state index >= 15 is 0 Å². The zero-order valence-corrected chi connectivity index (χ0v) is 16.1. The fourth-order valence-electron chi connectivity index (χ4n) is 4.95. The first kappa shape index (κ1) is 18.1. The Hall–Kier alpha value is -2.33. The molecule has 2 aromatic rings. The Kier molecular flexibility index (Phi) is 5.44. The number of piperidine rings is 2. The Morgan fingerprint density at radius 1 is 1.04 bits per heavy atom. The van der Waals surface area contributed by atoms with Gasteiger partial charge in [-0.05, 0) is 43.9 Å². The first-order valence-electron chi connectivity index (χ1n) is 10.2. The Labute approximate surface area is 162 Å². The molecule has 2 amide bonds. The average Bonchev–Trinajstić information content (AvgIpc) is 2.63. The number of carbonyl (C=O) groups excluding carboxylic acids is 1. The molecule has 2 aliphatic rings. The van der Waals surface area contributed by atoms with Gasteiger partial charge < -0.3 is 15.5 Å². The molecule has 0 spiro atoms.